The van der Waals surface area contributed by atoms with Crippen LogP contribution in [0.4, 0.5) is 10.5 Å². The standard InChI is InChI=1S/C14H15N3O3/c1-9(7-13(18)19)16-14(20)17-11-4-5-12-10(8-11)3-2-6-15-12/h2-6,8-9H,7H2,1H3,(H,18,19)(H2,16,17,20). The number of fused-ring (bicyclic) bond motifs is 1. The summed E-state index contributed by atoms with van der Waals surface area (Å²) >= 11 is 0. The number of aromatic nitrogens is 1. The van der Waals surface area contributed by atoms with Crippen molar-refractivity contribution in [3.63, 3.8) is 0 Å². The molecular weight excluding hydrogens is 258 g/mol. The van der Waals surface area contributed by atoms with Crippen molar-refractivity contribution < 1.29 is 14.7 Å². The van der Waals surface area contributed by atoms with Crippen molar-refractivity contribution in [2.75, 3.05) is 5.32 Å². The number of hydrogen-bond donors (Lipinski definition) is 3. The predicted octanol–water partition coefficient (Wildman–Crippen LogP) is 2.22. The van der Waals surface area contributed by atoms with E-state index in [2.05, 4.69) is 15.6 Å². The second kappa shape index (κ2) is 6.01. The summed E-state index contributed by atoms with van der Waals surface area (Å²) in [6.07, 6.45) is 1.59. The molecule has 1 aromatic heterocycles. The summed E-state index contributed by atoms with van der Waals surface area (Å²) in [6.45, 7) is 1.64. The Balaban J connectivity index is 2.00. The third kappa shape index (κ3) is 3.68. The van der Waals surface area contributed by atoms with Crippen LogP contribution in [0.2, 0.25) is 0 Å². The maximum atomic E-state index is 11.7. The summed E-state index contributed by atoms with van der Waals surface area (Å²) in [5.41, 5.74) is 1.48. The summed E-state index contributed by atoms with van der Waals surface area (Å²) in [6, 6.07) is 8.22. The number of rotatable bonds is 4. The van der Waals surface area contributed by atoms with Crippen LogP contribution in [-0.2, 0) is 4.79 Å². The van der Waals surface area contributed by atoms with E-state index in [0.29, 0.717) is 5.69 Å². The molecule has 0 fully saturated rings. The molecule has 0 radical (unpaired) electrons. The monoisotopic (exact) mass is 273 g/mol. The lowest BCUT2D eigenvalue weighted by molar-refractivity contribution is -0.137. The number of benzene rings is 1. The highest BCUT2D eigenvalue weighted by Gasteiger charge is 2.10. The van der Waals surface area contributed by atoms with Crippen LogP contribution >= 0.6 is 0 Å². The van der Waals surface area contributed by atoms with E-state index in [1.807, 2.05) is 24.3 Å². The summed E-state index contributed by atoms with van der Waals surface area (Å²) in [7, 11) is 0. The molecule has 3 N–H and O–H groups in total. The summed E-state index contributed by atoms with van der Waals surface area (Å²) in [4.78, 5) is 26.4. The molecule has 20 heavy (non-hydrogen) atoms. The number of carbonyl (C=O) groups excluding carboxylic acids is 1. The van der Waals surface area contributed by atoms with Crippen LogP contribution in [0.1, 0.15) is 13.3 Å². The van der Waals surface area contributed by atoms with Crippen molar-refractivity contribution in [1.82, 2.24) is 10.3 Å². The van der Waals surface area contributed by atoms with Crippen molar-refractivity contribution >= 4 is 28.6 Å². The Hall–Kier alpha value is -2.63. The number of pyridine rings is 1. The summed E-state index contributed by atoms with van der Waals surface area (Å²) in [5.74, 6) is -0.949. The van der Waals surface area contributed by atoms with Gasteiger partial charge < -0.3 is 15.7 Å². The Kier molecular flexibility index (Phi) is 4.14. The Morgan fingerprint density at radius 3 is 2.90 bits per heavy atom. The molecule has 1 aromatic carbocycles. The molecule has 2 aromatic rings. The normalized spacial score (nSPS) is 11.8. The van der Waals surface area contributed by atoms with E-state index in [4.69, 9.17) is 5.11 Å². The molecule has 1 unspecified atom stereocenters. The molecule has 0 aliphatic rings. The molecule has 6 nitrogen and oxygen atoms in total. The Morgan fingerprint density at radius 1 is 1.35 bits per heavy atom. The number of amides is 2. The maximum absolute atomic E-state index is 11.7. The van der Waals surface area contributed by atoms with Crippen LogP contribution in [0, 0.1) is 0 Å². The molecule has 0 spiro atoms. The number of carboxylic acids is 1. The van der Waals surface area contributed by atoms with Gasteiger partial charge in [0.25, 0.3) is 0 Å². The number of carboxylic acid groups (broad SMARTS) is 1. The molecule has 0 saturated carbocycles. The van der Waals surface area contributed by atoms with Crippen molar-refractivity contribution in [1.29, 1.82) is 0 Å². The second-order valence-corrected chi connectivity index (χ2v) is 4.51. The van der Waals surface area contributed by atoms with Gasteiger partial charge in [-0.1, -0.05) is 6.07 Å². The van der Waals surface area contributed by atoms with Gasteiger partial charge in [0.15, 0.2) is 0 Å². The van der Waals surface area contributed by atoms with Crippen molar-refractivity contribution in [2.45, 2.75) is 19.4 Å². The van der Waals surface area contributed by atoms with Crippen molar-refractivity contribution in [3.05, 3.63) is 36.5 Å². The van der Waals surface area contributed by atoms with Crippen LogP contribution in [0.5, 0.6) is 0 Å². The highest BCUT2D eigenvalue weighted by molar-refractivity contribution is 5.92. The van der Waals surface area contributed by atoms with Gasteiger partial charge >= 0.3 is 12.0 Å². The first kappa shape index (κ1) is 13.8. The van der Waals surface area contributed by atoms with Crippen LogP contribution in [0.25, 0.3) is 10.9 Å². The first-order valence-electron chi connectivity index (χ1n) is 6.18. The molecule has 0 aliphatic heterocycles. The molecule has 2 rings (SSSR count). The van der Waals surface area contributed by atoms with Gasteiger partial charge in [-0.15, -0.1) is 0 Å². The van der Waals surface area contributed by atoms with E-state index < -0.39 is 18.0 Å². The van der Waals surface area contributed by atoms with Crippen LogP contribution in [0.15, 0.2) is 36.5 Å². The van der Waals surface area contributed by atoms with Gasteiger partial charge in [0.05, 0.1) is 11.9 Å². The van der Waals surface area contributed by atoms with Crippen molar-refractivity contribution in [2.24, 2.45) is 0 Å². The molecular formula is C14H15N3O3. The lowest BCUT2D eigenvalue weighted by atomic mass is 10.2. The maximum Gasteiger partial charge on any atom is 0.319 e. The van der Waals surface area contributed by atoms with E-state index >= 15 is 0 Å². The quantitative estimate of drug-likeness (QED) is 0.796. The third-order valence-corrected chi connectivity index (χ3v) is 2.72. The van der Waals surface area contributed by atoms with Gasteiger partial charge in [-0.3, -0.25) is 9.78 Å². The fourth-order valence-corrected chi connectivity index (χ4v) is 1.86. The average molecular weight is 273 g/mol. The first-order valence-corrected chi connectivity index (χ1v) is 6.18. The SMILES string of the molecule is CC(CC(=O)O)NC(=O)Nc1ccc2ncccc2c1. The molecule has 1 atom stereocenters. The van der Waals surface area contributed by atoms with Crippen molar-refractivity contribution in [3.8, 4) is 0 Å². The van der Waals surface area contributed by atoms with E-state index in [1.54, 1.807) is 19.2 Å². The average Bonchev–Trinajstić information content (AvgIpc) is 2.37. The molecule has 6 heteroatoms. The highest BCUT2D eigenvalue weighted by Crippen LogP contribution is 2.16. The minimum atomic E-state index is -0.949. The predicted molar refractivity (Wildman–Crippen MR) is 75.6 cm³/mol. The number of hydrogen-bond acceptors (Lipinski definition) is 3. The number of aliphatic carboxylic acids is 1. The number of anilines is 1. The van der Waals surface area contributed by atoms with Gasteiger partial charge in [-0.05, 0) is 31.2 Å². The topological polar surface area (TPSA) is 91.3 Å². The van der Waals surface area contributed by atoms with E-state index in [-0.39, 0.29) is 6.42 Å². The minimum Gasteiger partial charge on any atom is -0.481 e. The molecule has 1 heterocycles. The zero-order valence-electron chi connectivity index (χ0n) is 11.0. The lowest BCUT2D eigenvalue weighted by Crippen LogP contribution is -2.37. The number of nitrogens with one attached hydrogen (secondary N) is 2. The van der Waals surface area contributed by atoms with Gasteiger partial charge in [0.1, 0.15) is 0 Å². The third-order valence-electron chi connectivity index (χ3n) is 2.72. The Morgan fingerprint density at radius 2 is 2.15 bits per heavy atom. The smallest absolute Gasteiger partial charge is 0.319 e. The van der Waals surface area contributed by atoms with E-state index in [0.717, 1.165) is 10.9 Å². The lowest BCUT2D eigenvalue weighted by Gasteiger charge is -2.12. The highest BCUT2D eigenvalue weighted by atomic mass is 16.4. The zero-order chi connectivity index (χ0) is 14.5. The van der Waals surface area contributed by atoms with E-state index in [1.165, 1.54) is 0 Å². The Bertz CT molecular complexity index is 642. The zero-order valence-corrected chi connectivity index (χ0v) is 11.0. The fourth-order valence-electron chi connectivity index (χ4n) is 1.86. The molecule has 0 bridgehead atoms. The first-order chi connectivity index (χ1) is 9.54. The Labute approximate surface area is 115 Å². The number of urea groups is 1. The molecule has 0 aliphatic carbocycles. The van der Waals surface area contributed by atoms with E-state index in [9.17, 15) is 9.59 Å². The van der Waals surface area contributed by atoms with Gasteiger partial charge in [0.2, 0.25) is 0 Å². The molecule has 2 amide bonds. The van der Waals surface area contributed by atoms with Gasteiger partial charge in [-0.2, -0.15) is 0 Å². The van der Waals surface area contributed by atoms with Gasteiger partial charge in [-0.25, -0.2) is 4.79 Å². The van der Waals surface area contributed by atoms with Crippen LogP contribution < -0.4 is 10.6 Å². The van der Waals surface area contributed by atoms with Crippen LogP contribution in [0.3, 0.4) is 0 Å². The summed E-state index contributed by atoms with van der Waals surface area (Å²) in [5, 5.41) is 14.8. The number of nitrogens with zero attached hydrogens (tertiary/aromatic N) is 1. The molecule has 104 valence electrons. The molecule has 0 saturated heterocycles. The fraction of sp³-hybridized carbons (Fsp3) is 0.214. The summed E-state index contributed by atoms with van der Waals surface area (Å²) < 4.78 is 0. The second-order valence-electron chi connectivity index (χ2n) is 4.51. The van der Waals surface area contributed by atoms with Gasteiger partial charge in [0, 0.05) is 23.3 Å². The number of carbonyl (C=O) groups is 2. The largest absolute Gasteiger partial charge is 0.481 e. The van der Waals surface area contributed by atoms with Crippen LogP contribution in [-0.4, -0.2) is 28.1 Å². The minimum absolute atomic E-state index is 0.116.